The van der Waals surface area contributed by atoms with Gasteiger partial charge in [-0.15, -0.1) is 0 Å². The molecular formula is C13H13F3N2O2S. The maximum absolute atomic E-state index is 12.5. The number of hydrogen-bond donors (Lipinski definition) is 2. The molecule has 8 heteroatoms. The van der Waals surface area contributed by atoms with Gasteiger partial charge in [0.2, 0.25) is 0 Å². The van der Waals surface area contributed by atoms with E-state index in [0.29, 0.717) is 5.52 Å². The molecule has 0 atom stereocenters. The van der Waals surface area contributed by atoms with E-state index >= 15 is 0 Å². The molecule has 1 aromatic carbocycles. The minimum absolute atomic E-state index is 0.0702. The van der Waals surface area contributed by atoms with Gasteiger partial charge in [0.15, 0.2) is 0 Å². The van der Waals surface area contributed by atoms with Gasteiger partial charge in [0.25, 0.3) is 0 Å². The quantitative estimate of drug-likeness (QED) is 0.892. The Labute approximate surface area is 119 Å². The summed E-state index contributed by atoms with van der Waals surface area (Å²) in [6.07, 6.45) is 3.72. The van der Waals surface area contributed by atoms with Crippen LogP contribution in [0.15, 0.2) is 18.2 Å². The maximum atomic E-state index is 12.5. The van der Waals surface area contributed by atoms with Crippen LogP contribution in [-0.2, 0) is 22.9 Å². The summed E-state index contributed by atoms with van der Waals surface area (Å²) in [6, 6.07) is 4.67. The Hall–Kier alpha value is -1.70. The SMILES string of the molecule is O=S(=O)(Nc1cccc2c3c([nH]c12)CCCC3)C(F)(F)F. The number of aromatic nitrogens is 1. The summed E-state index contributed by atoms with van der Waals surface area (Å²) < 4.78 is 61.6. The molecule has 0 spiro atoms. The fourth-order valence-corrected chi connectivity index (χ4v) is 3.29. The minimum atomic E-state index is -5.41. The normalized spacial score (nSPS) is 16.0. The molecule has 2 aromatic rings. The molecule has 1 aliphatic rings. The zero-order valence-corrected chi connectivity index (χ0v) is 11.7. The summed E-state index contributed by atoms with van der Waals surface area (Å²) in [4.78, 5) is 3.06. The van der Waals surface area contributed by atoms with E-state index in [1.807, 2.05) is 0 Å². The van der Waals surface area contributed by atoms with Crippen molar-refractivity contribution < 1.29 is 21.6 Å². The van der Waals surface area contributed by atoms with E-state index in [9.17, 15) is 21.6 Å². The van der Waals surface area contributed by atoms with Crippen LogP contribution in [0.1, 0.15) is 24.1 Å². The number of aryl methyl sites for hydroxylation is 2. The standard InChI is InChI=1S/C13H13F3N2O2S/c14-13(15,16)21(19,20)18-11-7-3-5-9-8-4-1-2-6-10(8)17-12(9)11/h3,5,7,17-18H,1-2,4,6H2. The number of halogens is 3. The Morgan fingerprint density at radius 3 is 2.57 bits per heavy atom. The average molecular weight is 318 g/mol. The summed E-state index contributed by atoms with van der Waals surface area (Å²) in [5.74, 6) is 0. The fraction of sp³-hybridized carbons (Fsp3) is 0.385. The van der Waals surface area contributed by atoms with E-state index in [1.165, 1.54) is 6.07 Å². The third-order valence-corrected chi connectivity index (χ3v) is 4.78. The lowest BCUT2D eigenvalue weighted by Gasteiger charge is -2.11. The smallest absolute Gasteiger partial charge is 0.356 e. The largest absolute Gasteiger partial charge is 0.516 e. The van der Waals surface area contributed by atoms with Gasteiger partial charge < -0.3 is 4.98 Å². The lowest BCUT2D eigenvalue weighted by atomic mass is 9.96. The first-order chi connectivity index (χ1) is 9.79. The molecule has 0 saturated heterocycles. The highest BCUT2D eigenvalue weighted by Crippen LogP contribution is 2.34. The first-order valence-corrected chi connectivity index (χ1v) is 7.99. The van der Waals surface area contributed by atoms with Crippen LogP contribution in [0.2, 0.25) is 0 Å². The van der Waals surface area contributed by atoms with Gasteiger partial charge in [-0.3, -0.25) is 4.72 Å². The van der Waals surface area contributed by atoms with Crippen LogP contribution in [0.4, 0.5) is 18.9 Å². The zero-order valence-electron chi connectivity index (χ0n) is 10.9. The zero-order chi connectivity index (χ0) is 15.3. The number of nitrogens with one attached hydrogen (secondary N) is 2. The second-order valence-electron chi connectivity index (χ2n) is 5.07. The van der Waals surface area contributed by atoms with E-state index in [-0.39, 0.29) is 5.69 Å². The van der Waals surface area contributed by atoms with Gasteiger partial charge in [-0.05, 0) is 37.3 Å². The van der Waals surface area contributed by atoms with Crippen molar-refractivity contribution in [3.8, 4) is 0 Å². The number of benzene rings is 1. The molecule has 1 aromatic heterocycles. The van der Waals surface area contributed by atoms with Gasteiger partial charge in [-0.2, -0.15) is 21.6 Å². The molecule has 0 radical (unpaired) electrons. The molecule has 1 aliphatic carbocycles. The highest BCUT2D eigenvalue weighted by atomic mass is 32.2. The third kappa shape index (κ3) is 2.37. The van der Waals surface area contributed by atoms with Gasteiger partial charge in [-0.25, -0.2) is 0 Å². The number of fused-ring (bicyclic) bond motifs is 3. The molecule has 0 amide bonds. The van der Waals surface area contributed by atoms with Gasteiger partial charge in [0, 0.05) is 11.1 Å². The van der Waals surface area contributed by atoms with Crippen molar-refractivity contribution in [3.63, 3.8) is 0 Å². The van der Waals surface area contributed by atoms with Gasteiger partial charge >= 0.3 is 15.5 Å². The number of alkyl halides is 3. The van der Waals surface area contributed by atoms with Crippen molar-refractivity contribution in [1.29, 1.82) is 0 Å². The molecule has 0 bridgehead atoms. The second-order valence-corrected chi connectivity index (χ2v) is 6.74. The fourth-order valence-electron chi connectivity index (χ4n) is 2.72. The topological polar surface area (TPSA) is 62.0 Å². The lowest BCUT2D eigenvalue weighted by Crippen LogP contribution is -2.30. The summed E-state index contributed by atoms with van der Waals surface area (Å²) in [5, 5.41) is 0.784. The number of rotatable bonds is 2. The summed E-state index contributed by atoms with van der Waals surface area (Å²) in [6.45, 7) is 0. The van der Waals surface area contributed by atoms with Crippen molar-refractivity contribution >= 4 is 26.6 Å². The molecule has 0 unspecified atom stereocenters. The number of anilines is 1. The Morgan fingerprint density at radius 1 is 1.14 bits per heavy atom. The Morgan fingerprint density at radius 2 is 1.86 bits per heavy atom. The van der Waals surface area contributed by atoms with Gasteiger partial charge in [0.05, 0.1) is 11.2 Å². The van der Waals surface area contributed by atoms with Crippen molar-refractivity contribution in [2.45, 2.75) is 31.2 Å². The highest BCUT2D eigenvalue weighted by Gasteiger charge is 2.46. The summed E-state index contributed by atoms with van der Waals surface area (Å²) in [7, 11) is -5.41. The first kappa shape index (κ1) is 14.2. The van der Waals surface area contributed by atoms with Crippen LogP contribution in [-0.4, -0.2) is 18.9 Å². The third-order valence-electron chi connectivity index (χ3n) is 3.68. The van der Waals surface area contributed by atoms with Crippen LogP contribution in [0, 0.1) is 0 Å². The number of sulfonamides is 1. The predicted octanol–water partition coefficient (Wildman–Crippen LogP) is 3.31. The molecule has 1 heterocycles. The predicted molar refractivity (Wildman–Crippen MR) is 73.5 cm³/mol. The van der Waals surface area contributed by atoms with Gasteiger partial charge in [-0.1, -0.05) is 12.1 Å². The van der Waals surface area contributed by atoms with Gasteiger partial charge in [0.1, 0.15) is 0 Å². The lowest BCUT2D eigenvalue weighted by molar-refractivity contribution is -0.0429. The van der Waals surface area contributed by atoms with Crippen molar-refractivity contribution in [3.05, 3.63) is 29.5 Å². The van der Waals surface area contributed by atoms with E-state index in [1.54, 1.807) is 16.9 Å². The highest BCUT2D eigenvalue weighted by molar-refractivity contribution is 7.93. The Kier molecular flexibility index (Phi) is 3.16. The molecule has 4 nitrogen and oxygen atoms in total. The van der Waals surface area contributed by atoms with E-state index in [0.717, 1.165) is 42.3 Å². The molecule has 3 rings (SSSR count). The number of para-hydroxylation sites is 1. The molecule has 2 N–H and O–H groups in total. The first-order valence-electron chi connectivity index (χ1n) is 6.51. The van der Waals surface area contributed by atoms with E-state index < -0.39 is 15.5 Å². The molecule has 0 fully saturated rings. The van der Waals surface area contributed by atoms with Crippen molar-refractivity contribution in [2.75, 3.05) is 4.72 Å². The van der Waals surface area contributed by atoms with Crippen LogP contribution in [0.5, 0.6) is 0 Å². The van der Waals surface area contributed by atoms with Crippen molar-refractivity contribution in [1.82, 2.24) is 4.98 Å². The molecule has 21 heavy (non-hydrogen) atoms. The molecular weight excluding hydrogens is 305 g/mol. The molecule has 0 aliphatic heterocycles. The Bertz CT molecular complexity index is 794. The van der Waals surface area contributed by atoms with Crippen LogP contribution >= 0.6 is 0 Å². The number of hydrogen-bond acceptors (Lipinski definition) is 2. The van der Waals surface area contributed by atoms with Crippen LogP contribution in [0.3, 0.4) is 0 Å². The van der Waals surface area contributed by atoms with Crippen LogP contribution < -0.4 is 4.72 Å². The number of H-pyrrole nitrogens is 1. The van der Waals surface area contributed by atoms with E-state index in [4.69, 9.17) is 0 Å². The number of aromatic amines is 1. The minimum Gasteiger partial charge on any atom is -0.356 e. The van der Waals surface area contributed by atoms with Crippen molar-refractivity contribution in [2.24, 2.45) is 0 Å². The maximum Gasteiger partial charge on any atom is 0.516 e. The van der Waals surface area contributed by atoms with E-state index in [2.05, 4.69) is 4.98 Å². The Balaban J connectivity index is 2.10. The average Bonchev–Trinajstić information content (AvgIpc) is 2.77. The summed E-state index contributed by atoms with van der Waals surface area (Å²) in [5.41, 5.74) is -2.93. The molecule has 114 valence electrons. The monoisotopic (exact) mass is 318 g/mol. The summed E-state index contributed by atoms with van der Waals surface area (Å²) >= 11 is 0. The second kappa shape index (κ2) is 4.66. The molecule has 0 saturated carbocycles. The van der Waals surface area contributed by atoms with Crippen LogP contribution in [0.25, 0.3) is 10.9 Å².